The highest BCUT2D eigenvalue weighted by atomic mass is 35.5. The van der Waals surface area contributed by atoms with Crippen LogP contribution < -0.4 is 10.6 Å². The Morgan fingerprint density at radius 3 is 2.58 bits per heavy atom. The molecule has 2 aromatic carbocycles. The molecule has 7 heteroatoms. The highest BCUT2D eigenvalue weighted by molar-refractivity contribution is 6.30. The molecule has 1 aliphatic rings. The fourth-order valence-corrected chi connectivity index (χ4v) is 3.89. The maximum Gasteiger partial charge on any atom is 0.251 e. The fraction of sp³-hybridized carbons (Fsp3) is 0.292. The molecule has 0 bridgehead atoms. The maximum absolute atomic E-state index is 13.0. The largest absolute Gasteiger partial charge is 0.349 e. The Labute approximate surface area is 186 Å². The first kappa shape index (κ1) is 21.1. The quantitative estimate of drug-likeness (QED) is 0.594. The van der Waals surface area contributed by atoms with Gasteiger partial charge in [-0.3, -0.25) is 9.59 Å². The van der Waals surface area contributed by atoms with Crippen LogP contribution in [0.25, 0.3) is 0 Å². The Kier molecular flexibility index (Phi) is 6.67. The van der Waals surface area contributed by atoms with E-state index in [2.05, 4.69) is 20.2 Å². The summed E-state index contributed by atoms with van der Waals surface area (Å²) in [5.74, 6) is 0.523. The molecular weight excluding hydrogens is 412 g/mol. The number of hydrogen-bond acceptors (Lipinski definition) is 3. The minimum Gasteiger partial charge on any atom is -0.349 e. The Balaban J connectivity index is 1.44. The van der Waals surface area contributed by atoms with Gasteiger partial charge in [-0.15, -0.1) is 0 Å². The standard InChI is InChI=1S/C24H25ClN4O2/c25-19-11-9-18(10-12-19)23(30)28-21(14-17-6-2-1-3-7-17)24(31)26-15-20-16-29-13-5-4-8-22(29)27-20/h1-3,6-7,9-12,16,21H,4-5,8,13-15H2,(H,26,31)(H,28,30). The minimum absolute atomic E-state index is 0.239. The van der Waals surface area contributed by atoms with E-state index in [0.29, 0.717) is 23.6 Å². The molecule has 31 heavy (non-hydrogen) atoms. The number of fused-ring (bicyclic) bond motifs is 1. The highest BCUT2D eigenvalue weighted by Gasteiger charge is 2.22. The van der Waals surface area contributed by atoms with Crippen LogP contribution in [0.1, 0.15) is 40.3 Å². The highest BCUT2D eigenvalue weighted by Crippen LogP contribution is 2.15. The number of nitrogens with zero attached hydrogens (tertiary/aromatic N) is 2. The number of benzene rings is 2. The van der Waals surface area contributed by atoms with Gasteiger partial charge in [0.25, 0.3) is 5.91 Å². The number of imidazole rings is 1. The van der Waals surface area contributed by atoms with Gasteiger partial charge in [0.15, 0.2) is 0 Å². The zero-order valence-corrected chi connectivity index (χ0v) is 17.9. The van der Waals surface area contributed by atoms with E-state index in [-0.39, 0.29) is 11.8 Å². The number of carbonyl (C=O) groups is 2. The van der Waals surface area contributed by atoms with E-state index in [1.54, 1.807) is 24.3 Å². The number of aromatic nitrogens is 2. The molecule has 3 aromatic rings. The number of aryl methyl sites for hydroxylation is 2. The molecule has 0 saturated heterocycles. The van der Waals surface area contributed by atoms with Crippen molar-refractivity contribution in [3.8, 4) is 0 Å². The van der Waals surface area contributed by atoms with E-state index in [4.69, 9.17) is 11.6 Å². The van der Waals surface area contributed by atoms with Gasteiger partial charge in [-0.2, -0.15) is 0 Å². The number of hydrogen-bond donors (Lipinski definition) is 2. The van der Waals surface area contributed by atoms with E-state index in [1.165, 1.54) is 0 Å². The molecule has 2 heterocycles. The second-order valence-corrected chi connectivity index (χ2v) is 8.18. The summed E-state index contributed by atoms with van der Waals surface area (Å²) in [7, 11) is 0. The normalized spacial score (nSPS) is 13.8. The zero-order chi connectivity index (χ0) is 21.6. The van der Waals surface area contributed by atoms with Crippen molar-refractivity contribution in [1.29, 1.82) is 0 Å². The molecule has 2 amide bonds. The van der Waals surface area contributed by atoms with Crippen LogP contribution in [0.5, 0.6) is 0 Å². The molecule has 1 unspecified atom stereocenters. The van der Waals surface area contributed by atoms with E-state index >= 15 is 0 Å². The average Bonchev–Trinajstić information content (AvgIpc) is 3.21. The summed E-state index contributed by atoms with van der Waals surface area (Å²) in [5.41, 5.74) is 2.27. The van der Waals surface area contributed by atoms with Crippen LogP contribution in [0.15, 0.2) is 60.8 Å². The van der Waals surface area contributed by atoms with Gasteiger partial charge in [0.2, 0.25) is 5.91 Å². The van der Waals surface area contributed by atoms with Crippen LogP contribution in [0.4, 0.5) is 0 Å². The summed E-state index contributed by atoms with van der Waals surface area (Å²) in [4.78, 5) is 30.4. The van der Waals surface area contributed by atoms with Crippen LogP contribution in [-0.4, -0.2) is 27.4 Å². The summed E-state index contributed by atoms with van der Waals surface area (Å²) in [5, 5.41) is 6.36. The Bertz CT molecular complexity index is 1020. The predicted octanol–water partition coefficient (Wildman–Crippen LogP) is 3.53. The van der Waals surface area contributed by atoms with Gasteiger partial charge in [-0.1, -0.05) is 41.9 Å². The molecule has 2 N–H and O–H groups in total. The molecule has 1 atom stereocenters. The van der Waals surface area contributed by atoms with Crippen LogP contribution in [-0.2, 0) is 30.7 Å². The van der Waals surface area contributed by atoms with Gasteiger partial charge in [0.1, 0.15) is 11.9 Å². The van der Waals surface area contributed by atoms with Gasteiger partial charge >= 0.3 is 0 Å². The van der Waals surface area contributed by atoms with Crippen molar-refractivity contribution >= 4 is 23.4 Å². The zero-order valence-electron chi connectivity index (χ0n) is 17.2. The smallest absolute Gasteiger partial charge is 0.251 e. The SMILES string of the molecule is O=C(NC(Cc1ccccc1)C(=O)NCc1cn2c(n1)CCCC2)c1ccc(Cl)cc1. The number of amides is 2. The molecule has 4 rings (SSSR count). The van der Waals surface area contributed by atoms with Crippen molar-refractivity contribution in [2.24, 2.45) is 0 Å². The lowest BCUT2D eigenvalue weighted by atomic mass is 10.0. The molecule has 0 radical (unpaired) electrons. The Hall–Kier alpha value is -3.12. The van der Waals surface area contributed by atoms with Crippen LogP contribution >= 0.6 is 11.6 Å². The molecule has 1 aliphatic heterocycles. The molecule has 160 valence electrons. The summed E-state index contributed by atoms with van der Waals surface area (Å²) in [6.07, 6.45) is 5.68. The van der Waals surface area contributed by atoms with Gasteiger partial charge in [-0.05, 0) is 42.7 Å². The first-order chi connectivity index (χ1) is 15.1. The van der Waals surface area contributed by atoms with Gasteiger partial charge in [0.05, 0.1) is 12.2 Å². The van der Waals surface area contributed by atoms with Crippen molar-refractivity contribution in [3.63, 3.8) is 0 Å². The summed E-state index contributed by atoms with van der Waals surface area (Å²) >= 11 is 5.91. The fourth-order valence-electron chi connectivity index (χ4n) is 3.76. The third-order valence-corrected chi connectivity index (χ3v) is 5.67. The summed E-state index contributed by atoms with van der Waals surface area (Å²) in [6, 6.07) is 15.5. The Morgan fingerprint density at radius 2 is 1.84 bits per heavy atom. The molecule has 0 spiro atoms. The summed E-state index contributed by atoms with van der Waals surface area (Å²) < 4.78 is 2.16. The number of nitrogens with one attached hydrogen (secondary N) is 2. The van der Waals surface area contributed by atoms with Crippen molar-refractivity contribution in [3.05, 3.63) is 88.5 Å². The molecule has 0 saturated carbocycles. The maximum atomic E-state index is 13.0. The van der Waals surface area contributed by atoms with Crippen LogP contribution in [0.3, 0.4) is 0 Å². The van der Waals surface area contributed by atoms with E-state index in [9.17, 15) is 9.59 Å². The van der Waals surface area contributed by atoms with Gasteiger partial charge < -0.3 is 15.2 Å². The molecule has 0 fully saturated rings. The monoisotopic (exact) mass is 436 g/mol. The van der Waals surface area contributed by atoms with Gasteiger partial charge in [-0.25, -0.2) is 4.98 Å². The van der Waals surface area contributed by atoms with E-state index in [0.717, 1.165) is 42.9 Å². The average molecular weight is 437 g/mol. The molecule has 1 aromatic heterocycles. The second-order valence-electron chi connectivity index (χ2n) is 7.74. The second kappa shape index (κ2) is 9.79. The number of rotatable bonds is 7. The van der Waals surface area contributed by atoms with Crippen LogP contribution in [0.2, 0.25) is 5.02 Å². The van der Waals surface area contributed by atoms with Gasteiger partial charge in [0, 0.05) is 36.2 Å². The van der Waals surface area contributed by atoms with Crippen LogP contribution in [0, 0.1) is 0 Å². The van der Waals surface area contributed by atoms with Crippen molar-refractivity contribution in [1.82, 2.24) is 20.2 Å². The van der Waals surface area contributed by atoms with Crippen molar-refractivity contribution in [2.45, 2.75) is 44.8 Å². The first-order valence-electron chi connectivity index (χ1n) is 10.5. The van der Waals surface area contributed by atoms with Crippen molar-refractivity contribution < 1.29 is 9.59 Å². The lowest BCUT2D eigenvalue weighted by molar-refractivity contribution is -0.123. The van der Waals surface area contributed by atoms with Crippen molar-refractivity contribution in [2.75, 3.05) is 0 Å². The lowest BCUT2D eigenvalue weighted by Crippen LogP contribution is -2.47. The molecule has 0 aliphatic carbocycles. The first-order valence-corrected chi connectivity index (χ1v) is 10.9. The molecular formula is C24H25ClN4O2. The lowest BCUT2D eigenvalue weighted by Gasteiger charge is -2.18. The third kappa shape index (κ3) is 5.52. The van der Waals surface area contributed by atoms with E-state index in [1.807, 2.05) is 36.5 Å². The Morgan fingerprint density at radius 1 is 1.06 bits per heavy atom. The third-order valence-electron chi connectivity index (χ3n) is 5.41. The minimum atomic E-state index is -0.706. The predicted molar refractivity (Wildman–Crippen MR) is 120 cm³/mol. The topological polar surface area (TPSA) is 76.0 Å². The summed E-state index contributed by atoms with van der Waals surface area (Å²) in [6.45, 7) is 1.31. The number of carbonyl (C=O) groups excluding carboxylic acids is 2. The molecule has 6 nitrogen and oxygen atoms in total. The number of halogens is 1. The van der Waals surface area contributed by atoms with E-state index < -0.39 is 6.04 Å².